The van der Waals surface area contributed by atoms with E-state index >= 15 is 0 Å². The summed E-state index contributed by atoms with van der Waals surface area (Å²) in [4.78, 5) is 18.1. The van der Waals surface area contributed by atoms with Crippen molar-refractivity contribution >= 4 is 23.3 Å². The van der Waals surface area contributed by atoms with Gasteiger partial charge in [0, 0.05) is 19.8 Å². The van der Waals surface area contributed by atoms with Gasteiger partial charge in [-0.2, -0.15) is 0 Å². The van der Waals surface area contributed by atoms with Crippen molar-refractivity contribution in [2.45, 2.75) is 32.7 Å². The molecule has 20 heavy (non-hydrogen) atoms. The molecule has 112 valence electrons. The van der Waals surface area contributed by atoms with E-state index in [-0.39, 0.29) is 12.5 Å². The van der Waals surface area contributed by atoms with Crippen LogP contribution in [0, 0.1) is 0 Å². The van der Waals surface area contributed by atoms with E-state index < -0.39 is 5.54 Å². The molecule has 0 radical (unpaired) electrons. The summed E-state index contributed by atoms with van der Waals surface area (Å²) in [5.74, 6) is 0.380. The number of hydrogen-bond donors (Lipinski definition) is 2. The van der Waals surface area contributed by atoms with Crippen molar-refractivity contribution in [2.24, 2.45) is 0 Å². The van der Waals surface area contributed by atoms with Gasteiger partial charge in [0.25, 0.3) is 5.91 Å². The van der Waals surface area contributed by atoms with Crippen LogP contribution in [0.5, 0.6) is 0 Å². The van der Waals surface area contributed by atoms with Crippen molar-refractivity contribution in [1.29, 1.82) is 0 Å². The van der Waals surface area contributed by atoms with Crippen LogP contribution in [-0.2, 0) is 0 Å². The summed E-state index contributed by atoms with van der Waals surface area (Å²) >= 11 is 6.06. The lowest BCUT2D eigenvalue weighted by Gasteiger charge is -2.34. The highest BCUT2D eigenvalue weighted by atomic mass is 35.5. The number of carbonyl (C=O) groups is 1. The minimum atomic E-state index is -0.652. The summed E-state index contributed by atoms with van der Waals surface area (Å²) in [6.45, 7) is 6.28. The minimum absolute atomic E-state index is 0.126. The Morgan fingerprint density at radius 2 is 2.20 bits per heavy atom. The average molecular weight is 300 g/mol. The molecule has 0 unspecified atom stereocenters. The van der Waals surface area contributed by atoms with Gasteiger partial charge in [0.15, 0.2) is 0 Å². The van der Waals surface area contributed by atoms with E-state index in [2.05, 4.69) is 10.3 Å². The molecule has 1 heterocycles. The average Bonchev–Trinajstić information content (AvgIpc) is 2.44. The Balaban J connectivity index is 3.02. The SMILES string of the molecule is CCCNc1cc(C(=O)N(C)C(C)(C)CO)c(Cl)cn1. The highest BCUT2D eigenvalue weighted by molar-refractivity contribution is 6.33. The van der Waals surface area contributed by atoms with E-state index in [1.807, 2.05) is 6.92 Å². The number of aliphatic hydroxyl groups is 1. The first-order chi connectivity index (χ1) is 9.33. The molecule has 0 saturated heterocycles. The molecule has 0 aliphatic rings. The zero-order valence-electron chi connectivity index (χ0n) is 12.4. The zero-order chi connectivity index (χ0) is 15.3. The van der Waals surface area contributed by atoms with Gasteiger partial charge in [0.2, 0.25) is 0 Å². The minimum Gasteiger partial charge on any atom is -0.394 e. The van der Waals surface area contributed by atoms with Crippen molar-refractivity contribution in [2.75, 3.05) is 25.5 Å². The standard InChI is InChI=1S/C14H22ClN3O2/c1-5-6-16-12-7-10(11(15)8-17-12)13(20)18(4)14(2,3)9-19/h7-8,19H,5-6,9H2,1-4H3,(H,16,17). The molecule has 0 aromatic carbocycles. The van der Waals surface area contributed by atoms with E-state index in [0.717, 1.165) is 13.0 Å². The van der Waals surface area contributed by atoms with Crippen LogP contribution in [0.1, 0.15) is 37.6 Å². The fourth-order valence-electron chi connectivity index (χ4n) is 1.51. The molecule has 6 heteroatoms. The lowest BCUT2D eigenvalue weighted by atomic mass is 10.0. The summed E-state index contributed by atoms with van der Waals surface area (Å²) in [6.07, 6.45) is 2.43. The van der Waals surface area contributed by atoms with E-state index in [1.54, 1.807) is 27.0 Å². The Labute approximate surface area is 125 Å². The molecule has 1 aromatic rings. The van der Waals surface area contributed by atoms with Crippen LogP contribution in [0.4, 0.5) is 5.82 Å². The first-order valence-electron chi connectivity index (χ1n) is 6.62. The van der Waals surface area contributed by atoms with Gasteiger partial charge in [-0.1, -0.05) is 18.5 Å². The predicted octanol–water partition coefficient (Wildman–Crippen LogP) is 2.40. The number of halogens is 1. The number of hydrogen-bond acceptors (Lipinski definition) is 4. The van der Waals surface area contributed by atoms with E-state index in [9.17, 15) is 9.90 Å². The molecule has 2 N–H and O–H groups in total. The number of likely N-dealkylation sites (N-methyl/N-ethyl adjacent to an activating group) is 1. The summed E-state index contributed by atoms with van der Waals surface area (Å²) in [7, 11) is 1.65. The van der Waals surface area contributed by atoms with Gasteiger partial charge >= 0.3 is 0 Å². The molecule has 0 saturated carbocycles. The normalized spacial score (nSPS) is 11.3. The Hall–Kier alpha value is -1.33. The second-order valence-electron chi connectivity index (χ2n) is 5.31. The molecule has 1 rings (SSSR count). The second-order valence-corrected chi connectivity index (χ2v) is 5.72. The Morgan fingerprint density at radius 1 is 1.55 bits per heavy atom. The summed E-state index contributed by atoms with van der Waals surface area (Å²) in [5, 5.41) is 12.8. The van der Waals surface area contributed by atoms with Crippen LogP contribution < -0.4 is 5.32 Å². The maximum Gasteiger partial charge on any atom is 0.255 e. The largest absolute Gasteiger partial charge is 0.394 e. The molecule has 0 spiro atoms. The molecular formula is C14H22ClN3O2. The third-order valence-electron chi connectivity index (χ3n) is 3.24. The predicted molar refractivity (Wildman–Crippen MR) is 81.3 cm³/mol. The molecule has 5 nitrogen and oxygen atoms in total. The molecule has 0 fully saturated rings. The molecule has 0 bridgehead atoms. The van der Waals surface area contributed by atoms with Crippen molar-refractivity contribution in [1.82, 2.24) is 9.88 Å². The molecule has 0 atom stereocenters. The number of aromatic nitrogens is 1. The highest BCUT2D eigenvalue weighted by Crippen LogP contribution is 2.22. The third kappa shape index (κ3) is 3.84. The van der Waals surface area contributed by atoms with Gasteiger partial charge in [-0.05, 0) is 26.3 Å². The van der Waals surface area contributed by atoms with Crippen molar-refractivity contribution in [3.63, 3.8) is 0 Å². The van der Waals surface area contributed by atoms with E-state index in [4.69, 9.17) is 11.6 Å². The van der Waals surface area contributed by atoms with E-state index in [1.165, 1.54) is 11.1 Å². The number of rotatable bonds is 6. The molecule has 0 aliphatic carbocycles. The number of nitrogens with one attached hydrogen (secondary N) is 1. The lowest BCUT2D eigenvalue weighted by molar-refractivity contribution is 0.0473. The van der Waals surface area contributed by atoms with Gasteiger partial charge in [-0.3, -0.25) is 4.79 Å². The molecule has 0 aliphatic heterocycles. The van der Waals surface area contributed by atoms with Gasteiger partial charge in [0.1, 0.15) is 5.82 Å². The topological polar surface area (TPSA) is 65.5 Å². The summed E-state index contributed by atoms with van der Waals surface area (Å²) in [6, 6.07) is 1.64. The number of nitrogens with zero attached hydrogens (tertiary/aromatic N) is 2. The lowest BCUT2D eigenvalue weighted by Crippen LogP contribution is -2.47. The fourth-order valence-corrected chi connectivity index (χ4v) is 1.70. The monoisotopic (exact) mass is 299 g/mol. The molecule has 1 aromatic heterocycles. The van der Waals surface area contributed by atoms with Crippen molar-refractivity contribution in [3.8, 4) is 0 Å². The van der Waals surface area contributed by atoms with Crippen LogP contribution >= 0.6 is 11.6 Å². The maximum absolute atomic E-state index is 12.5. The first-order valence-corrected chi connectivity index (χ1v) is 6.99. The number of aliphatic hydroxyl groups excluding tert-OH is 1. The third-order valence-corrected chi connectivity index (χ3v) is 3.54. The van der Waals surface area contributed by atoms with Gasteiger partial charge in [-0.25, -0.2) is 4.98 Å². The Bertz CT molecular complexity index is 477. The Kier molecular flexibility index (Phi) is 5.77. The summed E-state index contributed by atoms with van der Waals surface area (Å²) in [5.41, 5.74) is -0.273. The maximum atomic E-state index is 12.5. The smallest absolute Gasteiger partial charge is 0.255 e. The molecule has 1 amide bonds. The second kappa shape index (κ2) is 6.90. The van der Waals surface area contributed by atoms with Gasteiger partial charge in [0.05, 0.1) is 22.7 Å². The number of anilines is 1. The number of pyridine rings is 1. The van der Waals surface area contributed by atoms with Crippen LogP contribution in [0.15, 0.2) is 12.3 Å². The van der Waals surface area contributed by atoms with Crippen LogP contribution in [-0.4, -0.2) is 46.6 Å². The van der Waals surface area contributed by atoms with Crippen LogP contribution in [0.3, 0.4) is 0 Å². The first kappa shape index (κ1) is 16.7. The summed E-state index contributed by atoms with van der Waals surface area (Å²) < 4.78 is 0. The van der Waals surface area contributed by atoms with Crippen LogP contribution in [0.25, 0.3) is 0 Å². The van der Waals surface area contributed by atoms with Gasteiger partial charge in [-0.15, -0.1) is 0 Å². The Morgan fingerprint density at radius 3 is 2.75 bits per heavy atom. The van der Waals surface area contributed by atoms with Crippen LogP contribution in [0.2, 0.25) is 5.02 Å². The number of carbonyl (C=O) groups excluding carboxylic acids is 1. The van der Waals surface area contributed by atoms with Crippen molar-refractivity contribution in [3.05, 3.63) is 22.8 Å². The van der Waals surface area contributed by atoms with Gasteiger partial charge < -0.3 is 15.3 Å². The quantitative estimate of drug-likeness (QED) is 0.846. The highest BCUT2D eigenvalue weighted by Gasteiger charge is 2.28. The van der Waals surface area contributed by atoms with Crippen molar-refractivity contribution < 1.29 is 9.90 Å². The van der Waals surface area contributed by atoms with E-state index in [0.29, 0.717) is 16.4 Å². The zero-order valence-corrected chi connectivity index (χ0v) is 13.2. The number of amides is 1. The molecular weight excluding hydrogens is 278 g/mol. The fraction of sp³-hybridized carbons (Fsp3) is 0.571.